The first-order valence-corrected chi connectivity index (χ1v) is 11.1. The van der Waals surface area contributed by atoms with Gasteiger partial charge in [0, 0.05) is 28.8 Å². The Bertz CT molecular complexity index is 984. The molecule has 1 N–H and O–H groups in total. The van der Waals surface area contributed by atoms with Crippen LogP contribution in [0.4, 0.5) is 0 Å². The quantitative estimate of drug-likeness (QED) is 0.499. The smallest absolute Gasteiger partial charge is 0.198 e. The van der Waals surface area contributed by atoms with Gasteiger partial charge in [-0.15, -0.1) is 0 Å². The standard InChI is InChI=1S/C24H22NO2P/c1-19(20-11-5-2-6-12-20)25-28(26)17-23(21-13-7-3-8-14-21)27-24(18-28)22-15-9-4-10-16-22/h2-19H,1H3,(H,25,26). The van der Waals surface area contributed by atoms with Crippen LogP contribution in [0.5, 0.6) is 0 Å². The van der Waals surface area contributed by atoms with E-state index in [9.17, 15) is 4.57 Å². The molecule has 0 bridgehead atoms. The van der Waals surface area contributed by atoms with Gasteiger partial charge in [-0.1, -0.05) is 91.0 Å². The summed E-state index contributed by atoms with van der Waals surface area (Å²) in [5, 5.41) is 3.33. The average molecular weight is 387 g/mol. The van der Waals surface area contributed by atoms with Gasteiger partial charge in [-0.25, -0.2) is 0 Å². The molecule has 1 unspecified atom stereocenters. The third-order valence-corrected chi connectivity index (χ3v) is 6.68. The number of benzene rings is 3. The molecule has 0 spiro atoms. The van der Waals surface area contributed by atoms with E-state index in [0.29, 0.717) is 11.5 Å². The van der Waals surface area contributed by atoms with Gasteiger partial charge in [0.1, 0.15) is 11.5 Å². The highest BCUT2D eigenvalue weighted by Crippen LogP contribution is 2.54. The van der Waals surface area contributed by atoms with Crippen LogP contribution in [0.2, 0.25) is 0 Å². The molecule has 0 saturated heterocycles. The first kappa shape index (κ1) is 18.5. The van der Waals surface area contributed by atoms with Crippen LogP contribution in [-0.2, 0) is 9.30 Å². The monoisotopic (exact) mass is 387 g/mol. The van der Waals surface area contributed by atoms with Gasteiger partial charge in [0.05, 0.1) is 0 Å². The zero-order valence-electron chi connectivity index (χ0n) is 15.7. The van der Waals surface area contributed by atoms with Crippen molar-refractivity contribution in [2.75, 3.05) is 0 Å². The fourth-order valence-corrected chi connectivity index (χ4v) is 5.30. The SMILES string of the molecule is CC(NP1(=O)C=C(c2ccccc2)OC(c2ccccc2)=C1)c1ccccc1. The summed E-state index contributed by atoms with van der Waals surface area (Å²) in [6, 6.07) is 29.5. The highest BCUT2D eigenvalue weighted by Gasteiger charge is 2.28. The summed E-state index contributed by atoms with van der Waals surface area (Å²) in [4.78, 5) is 0. The van der Waals surface area contributed by atoms with E-state index in [2.05, 4.69) is 5.09 Å². The molecule has 1 aliphatic heterocycles. The van der Waals surface area contributed by atoms with Crippen molar-refractivity contribution in [3.05, 3.63) is 119 Å². The molecule has 0 aliphatic carbocycles. The van der Waals surface area contributed by atoms with E-state index in [1.807, 2.05) is 97.9 Å². The van der Waals surface area contributed by atoms with E-state index >= 15 is 0 Å². The van der Waals surface area contributed by atoms with E-state index in [-0.39, 0.29) is 6.04 Å². The first-order chi connectivity index (χ1) is 13.6. The molecule has 3 aromatic carbocycles. The number of nitrogens with one attached hydrogen (secondary N) is 1. The summed E-state index contributed by atoms with van der Waals surface area (Å²) in [6.45, 7) is 2.02. The molecule has 0 amide bonds. The normalized spacial score (nSPS) is 16.5. The molecule has 140 valence electrons. The van der Waals surface area contributed by atoms with Crippen LogP contribution < -0.4 is 5.09 Å². The maximum atomic E-state index is 13.8. The van der Waals surface area contributed by atoms with Crippen LogP contribution in [-0.4, -0.2) is 0 Å². The van der Waals surface area contributed by atoms with Crippen molar-refractivity contribution < 1.29 is 9.30 Å². The maximum absolute atomic E-state index is 13.8. The lowest BCUT2D eigenvalue weighted by Gasteiger charge is -2.26. The Balaban J connectivity index is 1.73. The van der Waals surface area contributed by atoms with Crippen LogP contribution in [0.15, 0.2) is 103 Å². The van der Waals surface area contributed by atoms with Gasteiger partial charge >= 0.3 is 0 Å². The Morgan fingerprint density at radius 1 is 0.714 bits per heavy atom. The van der Waals surface area contributed by atoms with Crippen LogP contribution >= 0.6 is 7.29 Å². The van der Waals surface area contributed by atoms with Crippen molar-refractivity contribution in [1.29, 1.82) is 0 Å². The fourth-order valence-electron chi connectivity index (χ4n) is 3.22. The maximum Gasteiger partial charge on any atom is 0.198 e. The summed E-state index contributed by atoms with van der Waals surface area (Å²) in [7, 11) is -2.98. The highest BCUT2D eigenvalue weighted by atomic mass is 31.2. The third kappa shape index (κ3) is 4.17. The lowest BCUT2D eigenvalue weighted by atomic mass is 10.1. The van der Waals surface area contributed by atoms with Crippen molar-refractivity contribution in [1.82, 2.24) is 5.09 Å². The number of hydrogen-bond acceptors (Lipinski definition) is 2. The second-order valence-corrected chi connectivity index (χ2v) is 8.99. The first-order valence-electron chi connectivity index (χ1n) is 9.29. The summed E-state index contributed by atoms with van der Waals surface area (Å²) in [5.41, 5.74) is 2.89. The molecule has 0 aromatic heterocycles. The molecule has 3 aromatic rings. The molecule has 28 heavy (non-hydrogen) atoms. The molecule has 3 nitrogen and oxygen atoms in total. The molecule has 0 fully saturated rings. The molecule has 4 heteroatoms. The minimum absolute atomic E-state index is 0.0633. The second kappa shape index (κ2) is 8.02. The van der Waals surface area contributed by atoms with Crippen molar-refractivity contribution >= 4 is 18.8 Å². The van der Waals surface area contributed by atoms with E-state index in [0.717, 1.165) is 16.7 Å². The molecule has 0 radical (unpaired) electrons. The van der Waals surface area contributed by atoms with Crippen molar-refractivity contribution in [2.45, 2.75) is 13.0 Å². The van der Waals surface area contributed by atoms with E-state index in [1.165, 1.54) is 0 Å². The van der Waals surface area contributed by atoms with Crippen LogP contribution in [0.3, 0.4) is 0 Å². The molecule has 1 atom stereocenters. The topological polar surface area (TPSA) is 38.3 Å². The summed E-state index contributed by atoms with van der Waals surface area (Å²) in [5.74, 6) is 4.68. The Hall–Kier alpha value is -2.87. The van der Waals surface area contributed by atoms with Crippen molar-refractivity contribution in [3.63, 3.8) is 0 Å². The molecule has 1 heterocycles. The predicted molar refractivity (Wildman–Crippen MR) is 116 cm³/mol. The van der Waals surface area contributed by atoms with Crippen LogP contribution in [0.1, 0.15) is 29.7 Å². The average Bonchev–Trinajstić information content (AvgIpc) is 2.75. The van der Waals surface area contributed by atoms with Gasteiger partial charge in [0.25, 0.3) is 0 Å². The van der Waals surface area contributed by atoms with Gasteiger partial charge in [-0.2, -0.15) is 0 Å². The van der Waals surface area contributed by atoms with Gasteiger partial charge in [-0.05, 0) is 12.5 Å². The lowest BCUT2D eigenvalue weighted by molar-refractivity contribution is 0.467. The molecule has 1 aliphatic rings. The summed E-state index contributed by atoms with van der Waals surface area (Å²) < 4.78 is 20.0. The van der Waals surface area contributed by atoms with Gasteiger partial charge in [0.2, 0.25) is 0 Å². The van der Waals surface area contributed by atoms with Gasteiger partial charge in [0.15, 0.2) is 7.29 Å². The van der Waals surface area contributed by atoms with E-state index in [1.54, 1.807) is 11.6 Å². The number of hydrogen-bond donors (Lipinski definition) is 1. The molecular weight excluding hydrogens is 365 g/mol. The minimum atomic E-state index is -2.98. The van der Waals surface area contributed by atoms with Gasteiger partial charge in [-0.3, -0.25) is 9.65 Å². The predicted octanol–water partition coefficient (Wildman–Crippen LogP) is 6.64. The summed E-state index contributed by atoms with van der Waals surface area (Å²) in [6.07, 6.45) is 0. The molecule has 4 rings (SSSR count). The van der Waals surface area contributed by atoms with Crippen molar-refractivity contribution in [2.24, 2.45) is 0 Å². The third-order valence-electron chi connectivity index (χ3n) is 4.65. The Kier molecular flexibility index (Phi) is 5.29. The lowest BCUT2D eigenvalue weighted by Crippen LogP contribution is -2.15. The van der Waals surface area contributed by atoms with E-state index in [4.69, 9.17) is 4.74 Å². The van der Waals surface area contributed by atoms with E-state index < -0.39 is 7.29 Å². The molecule has 0 saturated carbocycles. The van der Waals surface area contributed by atoms with Crippen molar-refractivity contribution in [3.8, 4) is 0 Å². The zero-order chi connectivity index (χ0) is 19.4. The number of rotatable bonds is 5. The summed E-state index contributed by atoms with van der Waals surface area (Å²) >= 11 is 0. The van der Waals surface area contributed by atoms with Crippen LogP contribution in [0.25, 0.3) is 11.5 Å². The Morgan fingerprint density at radius 2 is 1.14 bits per heavy atom. The minimum Gasteiger partial charge on any atom is -0.456 e. The number of ether oxygens (including phenoxy) is 1. The highest BCUT2D eigenvalue weighted by molar-refractivity contribution is 7.68. The fraction of sp³-hybridized carbons (Fsp3) is 0.0833. The van der Waals surface area contributed by atoms with Crippen LogP contribution in [0, 0.1) is 0 Å². The van der Waals surface area contributed by atoms with Gasteiger partial charge < -0.3 is 4.74 Å². The molecular formula is C24H22NO2P. The second-order valence-electron chi connectivity index (χ2n) is 6.79. The zero-order valence-corrected chi connectivity index (χ0v) is 16.6. The Labute approximate surface area is 165 Å². The Morgan fingerprint density at radius 3 is 1.61 bits per heavy atom. The largest absolute Gasteiger partial charge is 0.456 e.